The van der Waals surface area contributed by atoms with Crippen LogP contribution in [0.25, 0.3) is 10.8 Å². The standard InChI is InChI=1S/C15H11BrN4O3S2/c16-10-5-3-9(4-6-10)13(22)18-17-12(21)8-25-15-20-19-14(23-15)11-2-1-7-24-11/h1-7H,8H2,(H,17,21)(H,18,22). The molecule has 10 heteroatoms. The van der Waals surface area contributed by atoms with Gasteiger partial charge >= 0.3 is 0 Å². The number of carbonyl (C=O) groups is 2. The molecule has 2 aromatic heterocycles. The van der Waals surface area contributed by atoms with E-state index in [1.807, 2.05) is 17.5 Å². The van der Waals surface area contributed by atoms with Crippen molar-refractivity contribution in [3.8, 4) is 10.8 Å². The molecule has 0 unspecified atom stereocenters. The molecule has 2 amide bonds. The van der Waals surface area contributed by atoms with Crippen molar-refractivity contribution in [1.82, 2.24) is 21.0 Å². The van der Waals surface area contributed by atoms with Gasteiger partial charge in [-0.25, -0.2) is 0 Å². The Labute approximate surface area is 159 Å². The number of nitrogens with one attached hydrogen (secondary N) is 2. The van der Waals surface area contributed by atoms with E-state index in [1.165, 1.54) is 11.3 Å². The number of hydrogen-bond donors (Lipinski definition) is 2. The summed E-state index contributed by atoms with van der Waals surface area (Å²) in [6.07, 6.45) is 0. The van der Waals surface area contributed by atoms with Crippen LogP contribution < -0.4 is 10.9 Å². The topological polar surface area (TPSA) is 97.1 Å². The van der Waals surface area contributed by atoms with Crippen molar-refractivity contribution >= 4 is 50.8 Å². The summed E-state index contributed by atoms with van der Waals surface area (Å²) in [5.74, 6) is -0.330. The molecule has 7 nitrogen and oxygen atoms in total. The summed E-state index contributed by atoms with van der Waals surface area (Å²) < 4.78 is 6.33. The third kappa shape index (κ3) is 4.91. The first-order valence-corrected chi connectivity index (χ1v) is 9.62. The Bertz CT molecular complexity index is 865. The normalized spacial score (nSPS) is 10.4. The van der Waals surface area contributed by atoms with Gasteiger partial charge in [0, 0.05) is 10.0 Å². The number of hydrazine groups is 1. The Hall–Kier alpha value is -2.17. The Morgan fingerprint density at radius 1 is 1.16 bits per heavy atom. The van der Waals surface area contributed by atoms with Gasteiger partial charge in [-0.05, 0) is 35.7 Å². The van der Waals surface area contributed by atoms with Gasteiger partial charge in [0.25, 0.3) is 17.0 Å². The number of rotatable bonds is 5. The van der Waals surface area contributed by atoms with Crippen LogP contribution in [0.5, 0.6) is 0 Å². The zero-order valence-electron chi connectivity index (χ0n) is 12.6. The van der Waals surface area contributed by atoms with E-state index in [2.05, 4.69) is 37.0 Å². The predicted octanol–water partition coefficient (Wildman–Crippen LogP) is 3.11. The average Bonchev–Trinajstić information content (AvgIpc) is 3.29. The van der Waals surface area contributed by atoms with Gasteiger partial charge in [0.1, 0.15) is 0 Å². The van der Waals surface area contributed by atoms with Crippen molar-refractivity contribution < 1.29 is 14.0 Å². The number of halogens is 1. The van der Waals surface area contributed by atoms with Gasteiger partial charge in [-0.3, -0.25) is 20.4 Å². The molecule has 2 N–H and O–H groups in total. The van der Waals surface area contributed by atoms with Gasteiger partial charge in [-0.15, -0.1) is 21.5 Å². The van der Waals surface area contributed by atoms with E-state index in [4.69, 9.17) is 4.42 Å². The molecule has 0 atom stereocenters. The number of nitrogens with zero attached hydrogens (tertiary/aromatic N) is 2. The van der Waals surface area contributed by atoms with Crippen molar-refractivity contribution in [2.24, 2.45) is 0 Å². The quantitative estimate of drug-likeness (QED) is 0.469. The molecule has 0 bridgehead atoms. The first-order valence-electron chi connectivity index (χ1n) is 6.97. The molecule has 2 heterocycles. The van der Waals surface area contributed by atoms with Crippen LogP contribution in [-0.2, 0) is 4.79 Å². The minimum Gasteiger partial charge on any atom is -0.410 e. The molecule has 0 radical (unpaired) electrons. The van der Waals surface area contributed by atoms with Crippen LogP contribution in [0.15, 0.2) is 55.9 Å². The van der Waals surface area contributed by atoms with Gasteiger partial charge in [0.2, 0.25) is 5.91 Å². The van der Waals surface area contributed by atoms with E-state index in [0.717, 1.165) is 21.1 Å². The molecule has 0 spiro atoms. The largest absolute Gasteiger partial charge is 0.410 e. The molecular formula is C15H11BrN4O3S2. The SMILES string of the molecule is O=C(CSc1nnc(-c2cccs2)o1)NNC(=O)c1ccc(Br)cc1. The number of thiophene rings is 1. The number of amides is 2. The maximum Gasteiger partial charge on any atom is 0.277 e. The van der Waals surface area contributed by atoms with Crippen LogP contribution in [0.2, 0.25) is 0 Å². The summed E-state index contributed by atoms with van der Waals surface area (Å²) in [4.78, 5) is 24.5. The average molecular weight is 439 g/mol. The molecule has 25 heavy (non-hydrogen) atoms. The molecule has 0 saturated carbocycles. The van der Waals surface area contributed by atoms with Crippen LogP contribution >= 0.6 is 39.0 Å². The van der Waals surface area contributed by atoms with E-state index < -0.39 is 5.91 Å². The minimum atomic E-state index is -0.399. The second kappa shape index (κ2) is 8.28. The maximum atomic E-state index is 11.9. The van der Waals surface area contributed by atoms with Crippen LogP contribution in [0.4, 0.5) is 0 Å². The van der Waals surface area contributed by atoms with Gasteiger partial charge in [-0.1, -0.05) is 33.8 Å². The fraction of sp³-hybridized carbons (Fsp3) is 0.0667. The molecule has 0 saturated heterocycles. The number of hydrogen-bond acceptors (Lipinski definition) is 7. The molecule has 128 valence electrons. The minimum absolute atomic E-state index is 0.0344. The summed E-state index contributed by atoms with van der Waals surface area (Å²) in [5.41, 5.74) is 5.13. The van der Waals surface area contributed by atoms with Crippen molar-refractivity contribution in [2.45, 2.75) is 5.22 Å². The molecule has 0 aliphatic heterocycles. The molecule has 0 aliphatic carbocycles. The molecule has 0 aliphatic rings. The Morgan fingerprint density at radius 2 is 1.96 bits per heavy atom. The van der Waals surface area contributed by atoms with Gasteiger partial charge in [-0.2, -0.15) is 0 Å². The zero-order chi connectivity index (χ0) is 17.6. The van der Waals surface area contributed by atoms with E-state index >= 15 is 0 Å². The van der Waals surface area contributed by atoms with E-state index in [1.54, 1.807) is 24.3 Å². The van der Waals surface area contributed by atoms with Crippen LogP contribution in [-0.4, -0.2) is 27.8 Å². The van der Waals surface area contributed by atoms with Crippen molar-refractivity contribution in [3.05, 3.63) is 51.8 Å². The monoisotopic (exact) mass is 438 g/mol. The summed E-state index contributed by atoms with van der Waals surface area (Å²) in [6, 6.07) is 10.5. The third-order valence-electron chi connectivity index (χ3n) is 2.89. The summed E-state index contributed by atoms with van der Waals surface area (Å²) in [7, 11) is 0. The Kier molecular flexibility index (Phi) is 5.84. The van der Waals surface area contributed by atoms with Gasteiger partial charge < -0.3 is 4.42 Å². The smallest absolute Gasteiger partial charge is 0.277 e. The van der Waals surface area contributed by atoms with E-state index in [-0.39, 0.29) is 16.9 Å². The summed E-state index contributed by atoms with van der Waals surface area (Å²) in [5, 5.41) is 10.0. The van der Waals surface area contributed by atoms with Crippen molar-refractivity contribution in [1.29, 1.82) is 0 Å². The highest BCUT2D eigenvalue weighted by Crippen LogP contribution is 2.26. The number of thioether (sulfide) groups is 1. The van der Waals surface area contributed by atoms with Crippen LogP contribution in [0.1, 0.15) is 10.4 Å². The fourth-order valence-corrected chi connectivity index (χ4v) is 3.20. The van der Waals surface area contributed by atoms with Gasteiger partial charge in [0.15, 0.2) is 0 Å². The molecule has 3 rings (SSSR count). The predicted molar refractivity (Wildman–Crippen MR) is 98.1 cm³/mol. The number of carbonyl (C=O) groups excluding carboxylic acids is 2. The van der Waals surface area contributed by atoms with Crippen LogP contribution in [0.3, 0.4) is 0 Å². The maximum absolute atomic E-state index is 11.9. The highest BCUT2D eigenvalue weighted by molar-refractivity contribution is 9.10. The number of aromatic nitrogens is 2. The Balaban J connectivity index is 1.45. The van der Waals surface area contributed by atoms with E-state index in [9.17, 15) is 9.59 Å². The lowest BCUT2D eigenvalue weighted by molar-refractivity contribution is -0.119. The highest BCUT2D eigenvalue weighted by atomic mass is 79.9. The molecule has 3 aromatic rings. The lowest BCUT2D eigenvalue weighted by Crippen LogP contribution is -2.42. The zero-order valence-corrected chi connectivity index (χ0v) is 15.8. The van der Waals surface area contributed by atoms with Crippen molar-refractivity contribution in [3.63, 3.8) is 0 Å². The number of benzene rings is 1. The second-order valence-corrected chi connectivity index (χ2v) is 7.44. The first-order chi connectivity index (χ1) is 12.1. The van der Waals surface area contributed by atoms with Crippen LogP contribution in [0, 0.1) is 0 Å². The summed E-state index contributed by atoms with van der Waals surface area (Å²) in [6.45, 7) is 0. The lowest BCUT2D eigenvalue weighted by atomic mass is 10.2. The first kappa shape index (κ1) is 17.6. The molecular weight excluding hydrogens is 428 g/mol. The van der Waals surface area contributed by atoms with Gasteiger partial charge in [0.05, 0.1) is 10.6 Å². The molecule has 0 fully saturated rings. The summed E-state index contributed by atoms with van der Waals surface area (Å²) >= 11 is 5.87. The molecule has 1 aromatic carbocycles. The van der Waals surface area contributed by atoms with Crippen molar-refractivity contribution in [2.75, 3.05) is 5.75 Å². The third-order valence-corrected chi connectivity index (χ3v) is 5.09. The Morgan fingerprint density at radius 3 is 2.68 bits per heavy atom. The highest BCUT2D eigenvalue weighted by Gasteiger charge is 2.12. The van der Waals surface area contributed by atoms with E-state index in [0.29, 0.717) is 11.5 Å². The fourth-order valence-electron chi connectivity index (χ4n) is 1.73. The second-order valence-electron chi connectivity index (χ2n) is 4.65. The lowest BCUT2D eigenvalue weighted by Gasteiger charge is -2.06.